The maximum Gasteiger partial charge on any atom is 0.234 e. The van der Waals surface area contributed by atoms with E-state index in [0.717, 1.165) is 30.9 Å². The molecule has 20 heavy (non-hydrogen) atoms. The van der Waals surface area contributed by atoms with Crippen molar-refractivity contribution in [2.45, 2.75) is 19.5 Å². The molecule has 0 bridgehead atoms. The van der Waals surface area contributed by atoms with Gasteiger partial charge >= 0.3 is 0 Å². The Hall–Kier alpha value is -1.59. The van der Waals surface area contributed by atoms with Crippen LogP contribution in [-0.4, -0.2) is 50.1 Å². The van der Waals surface area contributed by atoms with Crippen LogP contribution in [0.2, 0.25) is 0 Å². The zero-order valence-electron chi connectivity index (χ0n) is 12.2. The van der Waals surface area contributed by atoms with Crippen LogP contribution in [0.4, 0.5) is 0 Å². The van der Waals surface area contributed by atoms with Gasteiger partial charge in [-0.1, -0.05) is 12.1 Å². The molecule has 1 saturated heterocycles. The molecule has 0 aromatic heterocycles. The van der Waals surface area contributed by atoms with Crippen LogP contribution < -0.4 is 15.4 Å². The van der Waals surface area contributed by atoms with Crippen molar-refractivity contribution >= 4 is 5.91 Å². The number of amides is 1. The number of nitrogens with one attached hydrogen (secondary N) is 2. The molecule has 5 nitrogen and oxygen atoms in total. The van der Waals surface area contributed by atoms with Crippen molar-refractivity contribution in [3.8, 4) is 5.75 Å². The van der Waals surface area contributed by atoms with Gasteiger partial charge in [-0.3, -0.25) is 9.69 Å². The number of piperazine rings is 1. The molecule has 2 rings (SSSR count). The molecule has 2 N–H and O–H groups in total. The molecule has 1 heterocycles. The van der Waals surface area contributed by atoms with Crippen LogP contribution >= 0.6 is 0 Å². The number of carbonyl (C=O) groups is 1. The van der Waals surface area contributed by atoms with E-state index < -0.39 is 0 Å². The first kappa shape index (κ1) is 14.8. The van der Waals surface area contributed by atoms with E-state index in [1.807, 2.05) is 24.3 Å². The van der Waals surface area contributed by atoms with Crippen LogP contribution in [-0.2, 0) is 11.3 Å². The van der Waals surface area contributed by atoms with Gasteiger partial charge in [0.15, 0.2) is 0 Å². The predicted octanol–water partition coefficient (Wildman–Crippen LogP) is 0.605. The zero-order valence-corrected chi connectivity index (χ0v) is 12.2. The maximum absolute atomic E-state index is 12.0. The van der Waals surface area contributed by atoms with Crippen LogP contribution in [0.1, 0.15) is 12.5 Å². The lowest BCUT2D eigenvalue weighted by Crippen LogP contribution is -2.52. The fourth-order valence-corrected chi connectivity index (χ4v) is 2.34. The van der Waals surface area contributed by atoms with Gasteiger partial charge in [-0.25, -0.2) is 0 Å². The fraction of sp³-hybridized carbons (Fsp3) is 0.533. The maximum atomic E-state index is 12.0. The number of ether oxygens (including phenoxy) is 1. The van der Waals surface area contributed by atoms with E-state index in [1.54, 1.807) is 7.11 Å². The Morgan fingerprint density at radius 3 is 3.15 bits per heavy atom. The summed E-state index contributed by atoms with van der Waals surface area (Å²) < 4.78 is 5.17. The van der Waals surface area contributed by atoms with Gasteiger partial charge < -0.3 is 15.4 Å². The van der Waals surface area contributed by atoms with Gasteiger partial charge in [0.2, 0.25) is 5.91 Å². The largest absolute Gasteiger partial charge is 0.497 e. The highest BCUT2D eigenvalue weighted by Gasteiger charge is 2.19. The quantitative estimate of drug-likeness (QED) is 0.828. The average molecular weight is 277 g/mol. The summed E-state index contributed by atoms with van der Waals surface area (Å²) in [4.78, 5) is 14.2. The standard InChI is InChI=1S/C15H23N3O2/c1-12-9-16-6-7-18(12)11-15(19)17-10-13-4-3-5-14(8-13)20-2/h3-5,8,12,16H,6-7,9-11H2,1-2H3,(H,17,19). The van der Waals surface area contributed by atoms with Crippen molar-refractivity contribution in [3.63, 3.8) is 0 Å². The second kappa shape index (κ2) is 7.26. The molecule has 1 aromatic rings. The normalized spacial score (nSPS) is 19.6. The van der Waals surface area contributed by atoms with Crippen molar-refractivity contribution in [1.82, 2.24) is 15.5 Å². The minimum absolute atomic E-state index is 0.0709. The van der Waals surface area contributed by atoms with Crippen LogP contribution in [0.3, 0.4) is 0 Å². The third kappa shape index (κ3) is 4.21. The predicted molar refractivity (Wildman–Crippen MR) is 78.7 cm³/mol. The minimum atomic E-state index is 0.0709. The lowest BCUT2D eigenvalue weighted by atomic mass is 10.2. The van der Waals surface area contributed by atoms with Crippen molar-refractivity contribution in [2.75, 3.05) is 33.3 Å². The molecule has 0 saturated carbocycles. The molecule has 0 radical (unpaired) electrons. The van der Waals surface area contributed by atoms with Gasteiger partial charge in [0.05, 0.1) is 13.7 Å². The topological polar surface area (TPSA) is 53.6 Å². The van der Waals surface area contributed by atoms with Gasteiger partial charge in [-0.2, -0.15) is 0 Å². The Balaban J connectivity index is 1.79. The van der Waals surface area contributed by atoms with Crippen molar-refractivity contribution in [1.29, 1.82) is 0 Å². The zero-order chi connectivity index (χ0) is 14.4. The third-order valence-corrected chi connectivity index (χ3v) is 3.61. The molecule has 0 aliphatic carbocycles. The summed E-state index contributed by atoms with van der Waals surface area (Å²) in [6.07, 6.45) is 0. The first-order valence-electron chi connectivity index (χ1n) is 7.03. The molecule has 1 aromatic carbocycles. The second-order valence-corrected chi connectivity index (χ2v) is 5.15. The molecule has 5 heteroatoms. The van der Waals surface area contributed by atoms with Gasteiger partial charge in [0, 0.05) is 32.2 Å². The number of hydrogen-bond donors (Lipinski definition) is 2. The summed E-state index contributed by atoms with van der Waals surface area (Å²) in [7, 11) is 1.64. The Labute approximate surface area is 120 Å². The molecular weight excluding hydrogens is 254 g/mol. The van der Waals surface area contributed by atoms with Crippen LogP contribution in [0.5, 0.6) is 5.75 Å². The smallest absolute Gasteiger partial charge is 0.234 e. The Bertz CT molecular complexity index is 450. The summed E-state index contributed by atoms with van der Waals surface area (Å²) in [5.74, 6) is 0.883. The highest BCUT2D eigenvalue weighted by Crippen LogP contribution is 2.12. The summed E-state index contributed by atoms with van der Waals surface area (Å²) in [5.41, 5.74) is 1.05. The number of rotatable bonds is 5. The van der Waals surface area contributed by atoms with Gasteiger partial charge in [-0.05, 0) is 24.6 Å². The highest BCUT2D eigenvalue weighted by atomic mass is 16.5. The molecule has 110 valence electrons. The lowest BCUT2D eigenvalue weighted by molar-refractivity contribution is -0.123. The summed E-state index contributed by atoms with van der Waals surface area (Å²) in [6, 6.07) is 8.16. The minimum Gasteiger partial charge on any atom is -0.497 e. The number of carbonyl (C=O) groups excluding carboxylic acids is 1. The summed E-state index contributed by atoms with van der Waals surface area (Å²) in [5, 5.41) is 6.28. The number of benzene rings is 1. The van der Waals surface area contributed by atoms with Crippen molar-refractivity contribution < 1.29 is 9.53 Å². The highest BCUT2D eigenvalue weighted by molar-refractivity contribution is 5.78. The summed E-state index contributed by atoms with van der Waals surface area (Å²) in [6.45, 7) is 5.97. The van der Waals surface area contributed by atoms with Gasteiger partial charge in [0.1, 0.15) is 5.75 Å². The number of methoxy groups -OCH3 is 1. The van der Waals surface area contributed by atoms with E-state index in [4.69, 9.17) is 4.74 Å². The van der Waals surface area contributed by atoms with Crippen molar-refractivity contribution in [3.05, 3.63) is 29.8 Å². The van der Waals surface area contributed by atoms with E-state index in [2.05, 4.69) is 22.5 Å². The van der Waals surface area contributed by atoms with Crippen LogP contribution in [0.15, 0.2) is 24.3 Å². The lowest BCUT2D eigenvalue weighted by Gasteiger charge is -2.33. The SMILES string of the molecule is COc1cccc(CNC(=O)CN2CCNCC2C)c1. The molecule has 1 atom stereocenters. The van der Waals surface area contributed by atoms with E-state index in [1.165, 1.54) is 0 Å². The van der Waals surface area contributed by atoms with Gasteiger partial charge in [0.25, 0.3) is 0 Å². The molecule has 1 unspecified atom stereocenters. The molecule has 1 aliphatic rings. The first-order valence-corrected chi connectivity index (χ1v) is 7.03. The molecule has 1 amide bonds. The number of nitrogens with zero attached hydrogens (tertiary/aromatic N) is 1. The van der Waals surface area contributed by atoms with Crippen LogP contribution in [0, 0.1) is 0 Å². The second-order valence-electron chi connectivity index (χ2n) is 5.15. The summed E-state index contributed by atoms with van der Waals surface area (Å²) >= 11 is 0. The van der Waals surface area contributed by atoms with Crippen molar-refractivity contribution in [2.24, 2.45) is 0 Å². The Kier molecular flexibility index (Phi) is 5.38. The Morgan fingerprint density at radius 1 is 1.55 bits per heavy atom. The fourth-order valence-electron chi connectivity index (χ4n) is 2.34. The Morgan fingerprint density at radius 2 is 2.40 bits per heavy atom. The molecular formula is C15H23N3O2. The first-order chi connectivity index (χ1) is 9.69. The monoisotopic (exact) mass is 277 g/mol. The van der Waals surface area contributed by atoms with Crippen LogP contribution in [0.25, 0.3) is 0 Å². The molecule has 1 fully saturated rings. The number of hydrogen-bond acceptors (Lipinski definition) is 4. The molecule has 0 spiro atoms. The van der Waals surface area contributed by atoms with Gasteiger partial charge in [-0.15, -0.1) is 0 Å². The van der Waals surface area contributed by atoms with E-state index >= 15 is 0 Å². The molecule has 1 aliphatic heterocycles. The third-order valence-electron chi connectivity index (χ3n) is 3.61. The average Bonchev–Trinajstić information content (AvgIpc) is 2.48. The van der Waals surface area contributed by atoms with E-state index in [9.17, 15) is 4.79 Å². The van der Waals surface area contributed by atoms with E-state index in [-0.39, 0.29) is 5.91 Å². The van der Waals surface area contributed by atoms with E-state index in [0.29, 0.717) is 19.1 Å².